The molecule has 4 aliphatic heterocycles. The number of fused-ring (bicyclic) bond motifs is 23. The summed E-state index contributed by atoms with van der Waals surface area (Å²) in [6, 6.07) is 0. The molecule has 31 aliphatic rings. The summed E-state index contributed by atoms with van der Waals surface area (Å²) in [4.78, 5) is 0. The molecular formula is C96H156O2. The molecular weight excluding hydrogens is 1190 g/mol. The normalized spacial score (nSPS) is 62.4. The maximum Gasteiger partial charge on any atom is 0.0723 e. The van der Waals surface area contributed by atoms with Crippen molar-refractivity contribution >= 4 is 0 Å². The Labute approximate surface area is 605 Å². The predicted molar refractivity (Wildman–Crippen MR) is 406 cm³/mol. The summed E-state index contributed by atoms with van der Waals surface area (Å²) >= 11 is 0. The minimum atomic E-state index is 0.0896. The van der Waals surface area contributed by atoms with Crippen molar-refractivity contribution < 1.29 is 9.47 Å². The van der Waals surface area contributed by atoms with Crippen molar-refractivity contribution in [3.8, 4) is 0 Å². The fourth-order valence-corrected chi connectivity index (χ4v) is 40.3. The summed E-state index contributed by atoms with van der Waals surface area (Å²) in [7, 11) is 0. The predicted octanol–water partition coefficient (Wildman–Crippen LogP) is 26.7. The fraction of sp³-hybridized carbons (Fsp3) is 1.00. The third kappa shape index (κ3) is 12.2. The molecule has 27 saturated carbocycles. The smallest absolute Gasteiger partial charge is 0.0723 e. The number of hydrogen-bond donors (Lipinski definition) is 0. The van der Waals surface area contributed by atoms with E-state index in [0.29, 0.717) is 11.8 Å². The van der Waals surface area contributed by atoms with Crippen LogP contribution < -0.4 is 0 Å². The summed E-state index contributed by atoms with van der Waals surface area (Å²) in [5, 5.41) is 0. The fourth-order valence-electron chi connectivity index (χ4n) is 40.3. The highest BCUT2D eigenvalue weighted by Crippen LogP contribution is 2.75. The van der Waals surface area contributed by atoms with Crippen molar-refractivity contribution in [1.29, 1.82) is 0 Å². The highest BCUT2D eigenvalue weighted by molar-refractivity contribution is 5.27. The first kappa shape index (κ1) is 68.5. The minimum Gasteiger partial charge on any atom is -0.368 e. The zero-order valence-corrected chi connectivity index (χ0v) is 66.6. The molecule has 4 heterocycles. The van der Waals surface area contributed by atoms with E-state index in [2.05, 4.69) is 83.1 Å². The van der Waals surface area contributed by atoms with Crippen LogP contribution in [0, 0.1) is 192 Å². The highest BCUT2D eigenvalue weighted by atomic mass is 16.6. The van der Waals surface area contributed by atoms with Gasteiger partial charge in [-0.3, -0.25) is 0 Å². The quantitative estimate of drug-likeness (QED) is 0.244. The zero-order valence-electron chi connectivity index (χ0n) is 66.6. The second kappa shape index (κ2) is 24.0. The lowest BCUT2D eigenvalue weighted by molar-refractivity contribution is -0.136. The van der Waals surface area contributed by atoms with E-state index in [4.69, 9.17) is 9.47 Å². The second-order valence-electron chi connectivity index (χ2n) is 49.2. The monoisotopic (exact) mass is 1340 g/mol. The highest BCUT2D eigenvalue weighted by Gasteiger charge is 2.79. The molecule has 2 nitrogen and oxygen atoms in total. The molecule has 0 radical (unpaired) electrons. The lowest BCUT2D eigenvalue weighted by atomic mass is 9.41. The zero-order chi connectivity index (χ0) is 67.2. The van der Waals surface area contributed by atoms with Crippen molar-refractivity contribution in [2.75, 3.05) is 0 Å². The molecule has 31 rings (SSSR count). The third-order valence-electron chi connectivity index (χ3n) is 39.5. The van der Waals surface area contributed by atoms with Gasteiger partial charge in [0.05, 0.1) is 22.4 Å². The van der Waals surface area contributed by atoms with E-state index in [0.717, 1.165) is 97.1 Å². The Hall–Kier alpha value is -0.0800. The number of rotatable bonds is 1. The van der Waals surface area contributed by atoms with Gasteiger partial charge in [0.15, 0.2) is 0 Å². The maximum atomic E-state index is 6.45. The van der Waals surface area contributed by atoms with Gasteiger partial charge in [-0.1, -0.05) is 68.2 Å². The Kier molecular flexibility index (Phi) is 16.7. The van der Waals surface area contributed by atoms with Gasteiger partial charge in [-0.05, 0) is 497 Å². The Morgan fingerprint density at radius 1 is 0.255 bits per heavy atom. The van der Waals surface area contributed by atoms with Crippen molar-refractivity contribution in [3.63, 3.8) is 0 Å². The van der Waals surface area contributed by atoms with Crippen molar-refractivity contribution in [2.45, 2.75) is 407 Å². The molecule has 2 heteroatoms. The molecule has 30 bridgehead atoms. The number of hydrogen-bond acceptors (Lipinski definition) is 2. The van der Waals surface area contributed by atoms with Gasteiger partial charge < -0.3 is 9.47 Å². The average Bonchev–Trinajstić information content (AvgIpc) is 1.48. The van der Waals surface area contributed by atoms with Crippen LogP contribution in [0.15, 0.2) is 0 Å². The van der Waals surface area contributed by atoms with Crippen LogP contribution in [0.4, 0.5) is 0 Å². The summed E-state index contributed by atoms with van der Waals surface area (Å²) in [5.74, 6) is 29.2. The largest absolute Gasteiger partial charge is 0.368 e. The molecule has 0 spiro atoms. The Morgan fingerprint density at radius 2 is 0.541 bits per heavy atom. The molecule has 4 saturated heterocycles. The lowest BCUT2D eigenvalue weighted by Gasteiger charge is -2.64. The van der Waals surface area contributed by atoms with E-state index in [9.17, 15) is 0 Å². The van der Waals surface area contributed by atoms with Gasteiger partial charge in [-0.2, -0.15) is 0 Å². The summed E-state index contributed by atoms with van der Waals surface area (Å²) in [5.41, 5.74) is 5.70. The standard InChI is InChI=1S/C14H22O2.C13H22.C12H18.3C12H20.C11H18.C10H16/c1-11-5-6-13(3,15-11)10-9(11)12(2)7-8-14(10,4)16-12;1-11-4-10-5-12(2,7-11)9-13(3,6-10)8-11;1-2-8-5-7(1)11-9-3-4-10(6-9)12(8)11;1-11-4-9-3-10(5-11)7-12(2,6-9)8-11;1-8-2-5-11-9-3-4-10(7-9)12(11)6-8;1-2-12-6-9-3-10(7-12)5-11(4-9)8-12;1-11-5-8-2-9(6-11)4-10(3-8)7-11;1-7-2-9-4-8(1)5-10(3-7)6-9/h9-10H,5-8H2,1-4H3;10H,4-9H2,1-3H3;7-12H,1-6H2;9-10H,3-8H2,1-2H3;8-12H,2-7H2,1H3;9-11H,2-8H2,1H3;8-10H,2-7H2,1H3;7-10H,1-6H2. The van der Waals surface area contributed by atoms with E-state index in [-0.39, 0.29) is 22.4 Å². The summed E-state index contributed by atoms with van der Waals surface area (Å²) < 4.78 is 12.9. The van der Waals surface area contributed by atoms with Crippen LogP contribution in [0.5, 0.6) is 0 Å². The van der Waals surface area contributed by atoms with Crippen LogP contribution in [0.2, 0.25) is 0 Å². The van der Waals surface area contributed by atoms with E-state index in [1.54, 1.807) is 218 Å². The Balaban J connectivity index is 0.0000000787. The molecule has 0 N–H and O–H groups in total. The first-order valence-electron chi connectivity index (χ1n) is 45.9. The van der Waals surface area contributed by atoms with Gasteiger partial charge in [0.2, 0.25) is 0 Å². The summed E-state index contributed by atoms with van der Waals surface area (Å²) in [6.07, 6.45) is 72.7. The van der Waals surface area contributed by atoms with Gasteiger partial charge in [-0.25, -0.2) is 0 Å². The van der Waals surface area contributed by atoms with Crippen molar-refractivity contribution in [1.82, 2.24) is 0 Å². The summed E-state index contributed by atoms with van der Waals surface area (Å²) in [6.45, 7) is 29.4. The van der Waals surface area contributed by atoms with E-state index in [1.807, 2.05) is 0 Å². The Morgan fingerprint density at radius 3 is 0.878 bits per heavy atom. The molecule has 0 aromatic carbocycles. The van der Waals surface area contributed by atoms with Gasteiger partial charge >= 0.3 is 0 Å². The molecule has 0 aromatic rings. The van der Waals surface area contributed by atoms with Gasteiger partial charge in [0, 0.05) is 11.8 Å². The molecule has 552 valence electrons. The SMILES string of the molecule is C1C2CC3CC1CC(C2)C3.C1CC2CC1C1C3CCC(C3)C21.CC12CC3CC(C)(C1)CC(C)(C3)C2.CC12CC3CC(C1)CC(C)(C3)C2.CC12CC3CC(CC(C3)C1)C2.CC12CCC(C)(O1)C1C2C2(C)CCC1(C)O2.CC1CCC2C3CCC(C3)C2C1.CCC12CC3CC(CC(C3)C1)C2. The molecule has 27 aliphatic carbocycles. The molecule has 98 heavy (non-hydrogen) atoms. The molecule has 0 amide bonds. The first-order chi connectivity index (χ1) is 46.5. The van der Waals surface area contributed by atoms with Crippen LogP contribution in [0.1, 0.15) is 385 Å². The average molecular weight is 1340 g/mol. The van der Waals surface area contributed by atoms with Gasteiger partial charge in [-0.15, -0.1) is 0 Å². The minimum absolute atomic E-state index is 0.0896. The van der Waals surface area contributed by atoms with E-state index < -0.39 is 0 Å². The topological polar surface area (TPSA) is 18.5 Å². The van der Waals surface area contributed by atoms with E-state index >= 15 is 0 Å². The van der Waals surface area contributed by atoms with Gasteiger partial charge in [0.25, 0.3) is 0 Å². The molecule has 13 unspecified atom stereocenters. The first-order valence-corrected chi connectivity index (χ1v) is 45.9. The van der Waals surface area contributed by atoms with E-state index in [1.165, 1.54) is 166 Å². The number of ether oxygens (including phenoxy) is 2. The van der Waals surface area contributed by atoms with Crippen LogP contribution in [-0.4, -0.2) is 22.4 Å². The Bertz CT molecular complexity index is 2600. The van der Waals surface area contributed by atoms with Crippen LogP contribution in [0.3, 0.4) is 0 Å². The van der Waals surface area contributed by atoms with Crippen LogP contribution in [-0.2, 0) is 9.47 Å². The van der Waals surface area contributed by atoms with Crippen LogP contribution >= 0.6 is 0 Å². The van der Waals surface area contributed by atoms with Crippen molar-refractivity contribution in [2.24, 2.45) is 192 Å². The molecule has 31 fully saturated rings. The maximum absolute atomic E-state index is 6.45. The molecule has 13 atom stereocenters. The van der Waals surface area contributed by atoms with Gasteiger partial charge in [0.1, 0.15) is 0 Å². The third-order valence-corrected chi connectivity index (χ3v) is 39.5. The van der Waals surface area contributed by atoms with Crippen molar-refractivity contribution in [3.05, 3.63) is 0 Å². The second-order valence-corrected chi connectivity index (χ2v) is 49.2. The molecule has 0 aromatic heterocycles. The van der Waals surface area contributed by atoms with Crippen LogP contribution in [0.25, 0.3) is 0 Å². The lowest BCUT2D eigenvalue weighted by Crippen LogP contribution is -2.53.